The fourth-order valence-electron chi connectivity index (χ4n) is 2.23. The highest BCUT2D eigenvalue weighted by Gasteiger charge is 2.08. The van der Waals surface area contributed by atoms with Crippen LogP contribution in [0.25, 0.3) is 10.9 Å². The van der Waals surface area contributed by atoms with Gasteiger partial charge in [-0.2, -0.15) is 0 Å². The number of para-hydroxylation sites is 1. The molecule has 0 unspecified atom stereocenters. The van der Waals surface area contributed by atoms with E-state index in [1.807, 2.05) is 42.6 Å². The van der Waals surface area contributed by atoms with E-state index in [0.29, 0.717) is 0 Å². The third kappa shape index (κ3) is 2.59. The summed E-state index contributed by atoms with van der Waals surface area (Å²) in [6, 6.07) is 14.1. The average molecular weight is 264 g/mol. The van der Waals surface area contributed by atoms with Crippen molar-refractivity contribution >= 4 is 16.7 Å². The maximum Gasteiger partial charge on any atom is 0.139 e. The van der Waals surface area contributed by atoms with Crippen LogP contribution >= 0.6 is 0 Å². The molecule has 4 nitrogen and oxygen atoms in total. The van der Waals surface area contributed by atoms with Gasteiger partial charge in [0.15, 0.2) is 0 Å². The Morgan fingerprint density at radius 1 is 0.950 bits per heavy atom. The summed E-state index contributed by atoms with van der Waals surface area (Å²) in [5, 5.41) is 1.08. The number of anilines is 1. The minimum Gasteiger partial charge on any atom is -0.359 e. The number of aromatic nitrogens is 3. The first-order valence-corrected chi connectivity index (χ1v) is 6.65. The Kier molecular flexibility index (Phi) is 3.54. The van der Waals surface area contributed by atoms with E-state index in [0.717, 1.165) is 35.4 Å². The molecule has 20 heavy (non-hydrogen) atoms. The van der Waals surface area contributed by atoms with Gasteiger partial charge < -0.3 is 4.90 Å². The highest BCUT2D eigenvalue weighted by molar-refractivity contribution is 5.89. The van der Waals surface area contributed by atoms with Crippen molar-refractivity contribution in [2.75, 3.05) is 18.5 Å². The predicted octanol–water partition coefficient (Wildman–Crippen LogP) is 2.70. The van der Waals surface area contributed by atoms with Gasteiger partial charge in [0.2, 0.25) is 0 Å². The molecule has 0 aliphatic rings. The summed E-state index contributed by atoms with van der Waals surface area (Å²) in [6.45, 7) is 0.873. The molecule has 0 saturated heterocycles. The maximum atomic E-state index is 4.41. The maximum absolute atomic E-state index is 4.41. The zero-order valence-corrected chi connectivity index (χ0v) is 11.4. The molecule has 0 saturated carbocycles. The molecule has 3 rings (SSSR count). The van der Waals surface area contributed by atoms with Crippen LogP contribution in [0.5, 0.6) is 0 Å². The van der Waals surface area contributed by atoms with Crippen molar-refractivity contribution in [3.63, 3.8) is 0 Å². The second-order valence-corrected chi connectivity index (χ2v) is 4.71. The van der Waals surface area contributed by atoms with Crippen LogP contribution in [0.15, 0.2) is 55.0 Å². The van der Waals surface area contributed by atoms with E-state index in [1.165, 1.54) is 0 Å². The van der Waals surface area contributed by atoms with Crippen LogP contribution in [0.1, 0.15) is 5.69 Å². The number of rotatable bonds is 4. The Bertz CT molecular complexity index is 692. The zero-order valence-electron chi connectivity index (χ0n) is 11.4. The van der Waals surface area contributed by atoms with Crippen LogP contribution in [-0.4, -0.2) is 28.5 Å². The third-order valence-electron chi connectivity index (χ3n) is 3.31. The lowest BCUT2D eigenvalue weighted by Crippen LogP contribution is -2.22. The molecule has 0 fully saturated rings. The number of hydrogen-bond donors (Lipinski definition) is 0. The largest absolute Gasteiger partial charge is 0.359 e. The van der Waals surface area contributed by atoms with Crippen LogP contribution in [0, 0.1) is 0 Å². The van der Waals surface area contributed by atoms with Gasteiger partial charge in [-0.05, 0) is 24.3 Å². The summed E-state index contributed by atoms with van der Waals surface area (Å²) < 4.78 is 0. The number of nitrogens with zero attached hydrogens (tertiary/aromatic N) is 4. The van der Waals surface area contributed by atoms with Crippen molar-refractivity contribution in [1.29, 1.82) is 0 Å². The van der Waals surface area contributed by atoms with Crippen LogP contribution in [-0.2, 0) is 6.42 Å². The molecular formula is C16H16N4. The third-order valence-corrected chi connectivity index (χ3v) is 3.31. The topological polar surface area (TPSA) is 41.9 Å². The fraction of sp³-hybridized carbons (Fsp3) is 0.188. The lowest BCUT2D eigenvalue weighted by Gasteiger charge is -2.19. The number of benzene rings is 1. The Morgan fingerprint density at radius 3 is 2.65 bits per heavy atom. The number of likely N-dealkylation sites (N-methyl/N-ethyl adjacent to an activating group) is 1. The molecule has 0 atom stereocenters. The molecule has 2 aromatic heterocycles. The van der Waals surface area contributed by atoms with Gasteiger partial charge in [0.1, 0.15) is 12.1 Å². The molecule has 3 aromatic rings. The SMILES string of the molecule is CN(CCc1ccccn1)c1ncnc2ccccc12. The molecule has 0 spiro atoms. The minimum atomic E-state index is 0.873. The number of fused-ring (bicyclic) bond motifs is 1. The second-order valence-electron chi connectivity index (χ2n) is 4.71. The normalized spacial score (nSPS) is 10.7. The van der Waals surface area contributed by atoms with Gasteiger partial charge in [0, 0.05) is 37.3 Å². The van der Waals surface area contributed by atoms with E-state index in [-0.39, 0.29) is 0 Å². The van der Waals surface area contributed by atoms with Crippen LogP contribution < -0.4 is 4.90 Å². The van der Waals surface area contributed by atoms with Gasteiger partial charge >= 0.3 is 0 Å². The molecule has 0 radical (unpaired) electrons. The molecule has 0 N–H and O–H groups in total. The highest BCUT2D eigenvalue weighted by atomic mass is 15.2. The van der Waals surface area contributed by atoms with Crippen LogP contribution in [0.2, 0.25) is 0 Å². The highest BCUT2D eigenvalue weighted by Crippen LogP contribution is 2.21. The van der Waals surface area contributed by atoms with Gasteiger partial charge in [0.25, 0.3) is 0 Å². The van der Waals surface area contributed by atoms with E-state index < -0.39 is 0 Å². The first-order valence-electron chi connectivity index (χ1n) is 6.65. The van der Waals surface area contributed by atoms with Crippen LogP contribution in [0.4, 0.5) is 5.82 Å². The van der Waals surface area contributed by atoms with E-state index in [4.69, 9.17) is 0 Å². The van der Waals surface area contributed by atoms with Crippen molar-refractivity contribution < 1.29 is 0 Å². The minimum absolute atomic E-state index is 0.873. The van der Waals surface area contributed by atoms with E-state index in [2.05, 4.69) is 33.0 Å². The van der Waals surface area contributed by atoms with Gasteiger partial charge in [-0.1, -0.05) is 18.2 Å². The Balaban J connectivity index is 1.80. The molecular weight excluding hydrogens is 248 g/mol. The van der Waals surface area contributed by atoms with Crippen molar-refractivity contribution in [2.45, 2.75) is 6.42 Å². The average Bonchev–Trinajstić information content (AvgIpc) is 2.53. The lowest BCUT2D eigenvalue weighted by molar-refractivity contribution is 0.841. The summed E-state index contributed by atoms with van der Waals surface area (Å²) in [5.74, 6) is 0.964. The smallest absolute Gasteiger partial charge is 0.139 e. The van der Waals surface area contributed by atoms with Crippen molar-refractivity contribution in [2.24, 2.45) is 0 Å². The summed E-state index contributed by atoms with van der Waals surface area (Å²) in [5.41, 5.74) is 2.07. The molecule has 0 aliphatic carbocycles. The standard InChI is InChI=1S/C16H16N4/c1-20(11-9-13-6-4-5-10-17-13)16-14-7-2-3-8-15(14)18-12-19-16/h2-8,10,12H,9,11H2,1H3. The van der Waals surface area contributed by atoms with Crippen LogP contribution in [0.3, 0.4) is 0 Å². The van der Waals surface area contributed by atoms with Gasteiger partial charge in [-0.15, -0.1) is 0 Å². The molecule has 0 aliphatic heterocycles. The molecule has 0 amide bonds. The van der Waals surface area contributed by atoms with Crippen molar-refractivity contribution in [3.05, 3.63) is 60.7 Å². The van der Waals surface area contributed by atoms with Gasteiger partial charge in [-0.25, -0.2) is 9.97 Å². The first kappa shape index (κ1) is 12.5. The Hall–Kier alpha value is -2.49. The summed E-state index contributed by atoms with van der Waals surface area (Å²) in [7, 11) is 2.05. The fourth-order valence-corrected chi connectivity index (χ4v) is 2.23. The molecule has 0 bridgehead atoms. The number of pyridine rings is 1. The Labute approximate surface area is 118 Å². The lowest BCUT2D eigenvalue weighted by atomic mass is 10.2. The van der Waals surface area contributed by atoms with E-state index in [1.54, 1.807) is 6.33 Å². The van der Waals surface area contributed by atoms with Crippen molar-refractivity contribution in [1.82, 2.24) is 15.0 Å². The quantitative estimate of drug-likeness (QED) is 0.726. The Morgan fingerprint density at radius 2 is 1.80 bits per heavy atom. The van der Waals surface area contributed by atoms with E-state index in [9.17, 15) is 0 Å². The first-order chi connectivity index (χ1) is 9.84. The van der Waals surface area contributed by atoms with Crippen molar-refractivity contribution in [3.8, 4) is 0 Å². The second kappa shape index (κ2) is 5.65. The summed E-state index contributed by atoms with van der Waals surface area (Å²) >= 11 is 0. The zero-order chi connectivity index (χ0) is 13.8. The molecule has 1 aromatic carbocycles. The molecule has 4 heteroatoms. The predicted molar refractivity (Wildman–Crippen MR) is 80.7 cm³/mol. The number of hydrogen-bond acceptors (Lipinski definition) is 4. The van der Waals surface area contributed by atoms with Gasteiger partial charge in [0.05, 0.1) is 5.52 Å². The molecule has 100 valence electrons. The summed E-state index contributed by atoms with van der Waals surface area (Å²) in [6.07, 6.45) is 4.35. The van der Waals surface area contributed by atoms with E-state index >= 15 is 0 Å². The summed E-state index contributed by atoms with van der Waals surface area (Å²) in [4.78, 5) is 15.2. The monoisotopic (exact) mass is 264 g/mol. The molecule has 2 heterocycles. The van der Waals surface area contributed by atoms with Gasteiger partial charge in [-0.3, -0.25) is 4.98 Å².